The molecule has 1 rings (SSSR count). The van der Waals surface area contributed by atoms with Crippen molar-refractivity contribution in [2.24, 2.45) is 0 Å². The summed E-state index contributed by atoms with van der Waals surface area (Å²) in [6.45, 7) is 1.95. The molecule has 0 saturated carbocycles. The summed E-state index contributed by atoms with van der Waals surface area (Å²) in [7, 11) is 0. The molecule has 2 nitrogen and oxygen atoms in total. The van der Waals surface area contributed by atoms with Crippen LogP contribution in [0.5, 0.6) is 0 Å². The highest BCUT2D eigenvalue weighted by molar-refractivity contribution is 5.34. The Morgan fingerprint density at radius 2 is 2.30 bits per heavy atom. The van der Waals surface area contributed by atoms with Gasteiger partial charge in [-0.3, -0.25) is 0 Å². The lowest BCUT2D eigenvalue weighted by Crippen LogP contribution is -1.74. The van der Waals surface area contributed by atoms with E-state index in [1.807, 2.05) is 25.1 Å². The first-order valence-electron chi connectivity index (χ1n) is 2.98. The van der Waals surface area contributed by atoms with Crippen LogP contribution in [0.3, 0.4) is 0 Å². The van der Waals surface area contributed by atoms with Crippen LogP contribution in [0.15, 0.2) is 24.3 Å². The molecular formula is C8H7NO. The van der Waals surface area contributed by atoms with E-state index in [-0.39, 0.29) is 0 Å². The molecule has 0 saturated heterocycles. The van der Waals surface area contributed by atoms with Gasteiger partial charge in [-0.25, -0.2) is 0 Å². The Labute approximate surface area is 59.5 Å². The predicted molar refractivity (Wildman–Crippen MR) is 40.9 cm³/mol. The molecule has 0 atom stereocenters. The van der Waals surface area contributed by atoms with E-state index in [0.717, 1.165) is 11.1 Å². The number of benzene rings is 1. The summed E-state index contributed by atoms with van der Waals surface area (Å²) in [6.07, 6.45) is 0. The lowest BCUT2D eigenvalue weighted by Gasteiger charge is -1.86. The third kappa shape index (κ3) is 1.49. The molecule has 0 bridgehead atoms. The molecule has 0 aliphatic rings. The van der Waals surface area contributed by atoms with E-state index in [2.05, 4.69) is 11.1 Å². The highest BCUT2D eigenvalue weighted by Crippen LogP contribution is 2.01. The van der Waals surface area contributed by atoms with Crippen molar-refractivity contribution < 1.29 is 0 Å². The van der Waals surface area contributed by atoms with E-state index in [1.54, 1.807) is 6.07 Å². The fourth-order valence-electron chi connectivity index (χ4n) is 0.767. The minimum atomic E-state index is 0.731. The van der Waals surface area contributed by atoms with Crippen LogP contribution in [0.4, 0.5) is 0 Å². The van der Waals surface area contributed by atoms with E-state index in [4.69, 9.17) is 0 Å². The van der Waals surface area contributed by atoms with E-state index in [1.165, 1.54) is 0 Å². The average Bonchev–Trinajstić information content (AvgIpc) is 1.88. The van der Waals surface area contributed by atoms with Crippen LogP contribution in [-0.4, -0.2) is 0 Å². The minimum Gasteiger partial charge on any atom is -0.498 e. The maximum Gasteiger partial charge on any atom is 0.336 e. The van der Waals surface area contributed by atoms with Gasteiger partial charge in [-0.05, 0) is 24.6 Å². The van der Waals surface area contributed by atoms with Crippen molar-refractivity contribution >= 4 is 0 Å². The van der Waals surface area contributed by atoms with Crippen molar-refractivity contribution in [1.82, 2.24) is 0 Å². The van der Waals surface area contributed by atoms with Crippen LogP contribution in [-0.2, 0) is 0 Å². The Hall–Kier alpha value is -1.49. The molecule has 1 aromatic rings. The Kier molecular flexibility index (Phi) is 1.91. The van der Waals surface area contributed by atoms with Crippen LogP contribution in [0.1, 0.15) is 11.1 Å². The predicted octanol–water partition coefficient (Wildman–Crippen LogP) is 2.17. The lowest BCUT2D eigenvalue weighted by atomic mass is 10.2. The summed E-state index contributed by atoms with van der Waals surface area (Å²) in [6, 6.07) is 9.77. The topological polar surface area (TPSA) is 27.4 Å². The molecule has 10 heavy (non-hydrogen) atoms. The molecule has 0 aromatic heterocycles. The molecule has 1 aromatic carbocycles. The van der Waals surface area contributed by atoms with Gasteiger partial charge in [-0.15, -0.1) is 0 Å². The molecule has 50 valence electrons. The summed E-state index contributed by atoms with van der Waals surface area (Å²) in [5.74, 6) is 0. The maximum atomic E-state index is 9.72. The quantitative estimate of drug-likeness (QED) is 0.498. The first kappa shape index (κ1) is 6.63. The summed E-state index contributed by atoms with van der Waals surface area (Å²) in [5, 5.41) is 12.3. The Morgan fingerprint density at radius 1 is 1.50 bits per heavy atom. The number of hydrogen-bond acceptors (Lipinski definition) is 1. The summed E-state index contributed by atoms with van der Waals surface area (Å²) in [5.41, 5.74) is 1.84. The Bertz CT molecular complexity index is 283. The van der Waals surface area contributed by atoms with E-state index < -0.39 is 0 Å². The van der Waals surface area contributed by atoms with Gasteiger partial charge in [0.25, 0.3) is 0 Å². The second-order valence-electron chi connectivity index (χ2n) is 2.07. The lowest BCUT2D eigenvalue weighted by molar-refractivity contribution is 1.45. The zero-order chi connectivity index (χ0) is 7.40. The third-order valence-corrected chi connectivity index (χ3v) is 1.19. The molecule has 0 fully saturated rings. The van der Waals surface area contributed by atoms with Crippen LogP contribution in [0.25, 0.3) is 5.01 Å². The monoisotopic (exact) mass is 133 g/mol. The standard InChI is InChI=1S/C8H7NO/c1-7-3-2-4-8(5-7)6-9-10/h2-5H,1H3. The van der Waals surface area contributed by atoms with Gasteiger partial charge in [0.15, 0.2) is 0 Å². The van der Waals surface area contributed by atoms with Crippen LogP contribution in [0.2, 0.25) is 0 Å². The smallest absolute Gasteiger partial charge is 0.336 e. The van der Waals surface area contributed by atoms with Gasteiger partial charge in [0.05, 0.1) is 0 Å². The fraction of sp³-hybridized carbons (Fsp3) is 0.125. The molecular weight excluding hydrogens is 126 g/mol. The van der Waals surface area contributed by atoms with Crippen LogP contribution >= 0.6 is 0 Å². The number of nitrogens with zero attached hydrogens (tertiary/aromatic N) is 1. The van der Waals surface area contributed by atoms with Gasteiger partial charge >= 0.3 is 6.07 Å². The van der Waals surface area contributed by atoms with Crippen LogP contribution in [0, 0.1) is 18.2 Å². The summed E-state index contributed by atoms with van der Waals surface area (Å²) in [4.78, 5) is 0. The molecule has 0 aliphatic carbocycles. The second kappa shape index (κ2) is 2.88. The van der Waals surface area contributed by atoms with Gasteiger partial charge in [0.2, 0.25) is 0 Å². The highest BCUT2D eigenvalue weighted by atomic mass is 16.4. The normalized spacial score (nSPS) is 8.10. The maximum absolute atomic E-state index is 9.72. The van der Waals surface area contributed by atoms with Gasteiger partial charge in [-0.1, -0.05) is 12.1 Å². The van der Waals surface area contributed by atoms with Gasteiger partial charge < -0.3 is 5.21 Å². The largest absolute Gasteiger partial charge is 0.498 e. The summed E-state index contributed by atoms with van der Waals surface area (Å²) >= 11 is 0. The summed E-state index contributed by atoms with van der Waals surface area (Å²) < 4.78 is 0. The molecule has 0 N–H and O–H groups in total. The fourth-order valence-corrected chi connectivity index (χ4v) is 0.767. The molecule has 0 unspecified atom stereocenters. The number of hydrogen-bond donors (Lipinski definition) is 0. The van der Waals surface area contributed by atoms with Crippen molar-refractivity contribution in [3.8, 4) is 6.07 Å². The highest BCUT2D eigenvalue weighted by Gasteiger charge is 1.91. The van der Waals surface area contributed by atoms with Crippen molar-refractivity contribution in [3.63, 3.8) is 0 Å². The molecule has 0 amide bonds. The first-order chi connectivity index (χ1) is 4.83. The van der Waals surface area contributed by atoms with Crippen molar-refractivity contribution in [1.29, 1.82) is 0 Å². The second-order valence-corrected chi connectivity index (χ2v) is 2.07. The zero-order valence-electron chi connectivity index (χ0n) is 5.66. The molecule has 2 heteroatoms. The number of rotatable bonds is 0. The molecule has 0 aliphatic heterocycles. The average molecular weight is 133 g/mol. The molecule has 0 spiro atoms. The van der Waals surface area contributed by atoms with Gasteiger partial charge in [0, 0.05) is 5.01 Å². The molecule has 0 radical (unpaired) electrons. The van der Waals surface area contributed by atoms with Crippen molar-refractivity contribution in [2.75, 3.05) is 0 Å². The van der Waals surface area contributed by atoms with E-state index in [9.17, 15) is 5.21 Å². The number of aryl methyl sites for hydroxylation is 1. The molecule has 0 heterocycles. The van der Waals surface area contributed by atoms with Crippen LogP contribution < -0.4 is 0 Å². The Morgan fingerprint density at radius 3 is 2.90 bits per heavy atom. The van der Waals surface area contributed by atoms with E-state index >= 15 is 0 Å². The first-order valence-corrected chi connectivity index (χ1v) is 2.98. The zero-order valence-corrected chi connectivity index (χ0v) is 5.66. The van der Waals surface area contributed by atoms with E-state index in [0.29, 0.717) is 0 Å². The minimum absolute atomic E-state index is 0.731. The Balaban J connectivity index is 3.03. The van der Waals surface area contributed by atoms with Crippen molar-refractivity contribution in [2.45, 2.75) is 6.92 Å². The van der Waals surface area contributed by atoms with Gasteiger partial charge in [-0.2, -0.15) is 0 Å². The van der Waals surface area contributed by atoms with Gasteiger partial charge in [0.1, 0.15) is 5.56 Å². The van der Waals surface area contributed by atoms with Crippen molar-refractivity contribution in [3.05, 3.63) is 45.6 Å². The third-order valence-electron chi connectivity index (χ3n) is 1.19. The SMILES string of the molecule is Cc1cccc(C#[N+][O-])c1.